The van der Waals surface area contributed by atoms with Crippen molar-refractivity contribution >= 4 is 11.4 Å². The fraction of sp³-hybridized carbons (Fsp3) is 0.560. The zero-order valence-corrected chi connectivity index (χ0v) is 17.5. The molecule has 160 valence electrons. The Hall–Kier alpha value is -2.27. The first-order chi connectivity index (χ1) is 14.7. The molecule has 2 atom stereocenters. The van der Waals surface area contributed by atoms with Crippen molar-refractivity contribution in [2.45, 2.75) is 57.4 Å². The Morgan fingerprint density at radius 3 is 2.53 bits per heavy atom. The molecule has 5 nitrogen and oxygen atoms in total. The number of aromatic hydroxyl groups is 1. The Bertz CT molecular complexity index is 910. The van der Waals surface area contributed by atoms with E-state index in [0.717, 1.165) is 44.1 Å². The number of ether oxygens (including phenoxy) is 1. The normalized spacial score (nSPS) is 22.6. The maximum absolute atomic E-state index is 13.0. The van der Waals surface area contributed by atoms with Gasteiger partial charge in [-0.05, 0) is 62.0 Å². The molecule has 5 heteroatoms. The lowest BCUT2D eigenvalue weighted by Crippen LogP contribution is -2.28. The van der Waals surface area contributed by atoms with E-state index in [0.29, 0.717) is 24.0 Å². The van der Waals surface area contributed by atoms with Gasteiger partial charge >= 0.3 is 5.63 Å². The van der Waals surface area contributed by atoms with Gasteiger partial charge in [0.2, 0.25) is 0 Å². The maximum Gasteiger partial charge on any atom is 0.363 e. The minimum absolute atomic E-state index is 0.0297. The summed E-state index contributed by atoms with van der Waals surface area (Å²) in [6.45, 7) is 1.66. The van der Waals surface area contributed by atoms with Gasteiger partial charge in [-0.1, -0.05) is 31.0 Å². The lowest BCUT2D eigenvalue weighted by molar-refractivity contribution is 0.0263. The first-order valence-electron chi connectivity index (χ1n) is 11.5. The minimum atomic E-state index is -0.439. The molecule has 2 aromatic rings. The Morgan fingerprint density at radius 2 is 1.90 bits per heavy atom. The lowest BCUT2D eigenvalue weighted by Gasteiger charge is -2.30. The Morgan fingerprint density at radius 1 is 1.10 bits per heavy atom. The van der Waals surface area contributed by atoms with E-state index in [2.05, 4.69) is 0 Å². The summed E-state index contributed by atoms with van der Waals surface area (Å²) in [6, 6.07) is 11.7. The number of hydrogen-bond acceptors (Lipinski definition) is 5. The second-order valence-corrected chi connectivity index (χ2v) is 9.29. The molecule has 5 rings (SSSR count). The molecule has 30 heavy (non-hydrogen) atoms. The monoisotopic (exact) mass is 409 g/mol. The number of rotatable bonds is 8. The molecule has 0 radical (unpaired) electrons. The van der Waals surface area contributed by atoms with Crippen molar-refractivity contribution in [3.05, 3.63) is 52.6 Å². The third kappa shape index (κ3) is 4.41. The Labute approximate surface area is 177 Å². The number of anilines is 2. The molecule has 0 amide bonds. The molecule has 1 aromatic heterocycles. The first-order valence-corrected chi connectivity index (χ1v) is 11.5. The van der Waals surface area contributed by atoms with Crippen molar-refractivity contribution in [3.8, 4) is 5.75 Å². The van der Waals surface area contributed by atoms with Gasteiger partial charge in [-0.15, -0.1) is 0 Å². The van der Waals surface area contributed by atoms with Crippen LogP contribution in [0, 0.1) is 17.8 Å². The highest BCUT2D eigenvalue weighted by Crippen LogP contribution is 2.42. The van der Waals surface area contributed by atoms with Crippen LogP contribution >= 0.6 is 0 Å². The molecule has 1 aliphatic heterocycles. The number of hydrogen-bond donors (Lipinski definition) is 1. The summed E-state index contributed by atoms with van der Waals surface area (Å²) in [4.78, 5) is 15.0. The molecular weight excluding hydrogens is 378 g/mol. The molecule has 0 bridgehead atoms. The maximum atomic E-state index is 13.0. The quantitative estimate of drug-likeness (QED) is 0.662. The molecule has 2 heterocycles. The van der Waals surface area contributed by atoms with Crippen LogP contribution < -0.4 is 10.5 Å². The zero-order valence-electron chi connectivity index (χ0n) is 17.5. The van der Waals surface area contributed by atoms with Gasteiger partial charge in [-0.25, -0.2) is 4.79 Å². The van der Waals surface area contributed by atoms with Crippen LogP contribution in [0.4, 0.5) is 11.4 Å². The fourth-order valence-corrected chi connectivity index (χ4v) is 4.91. The van der Waals surface area contributed by atoms with Crippen LogP contribution in [-0.4, -0.2) is 24.4 Å². The third-order valence-electron chi connectivity index (χ3n) is 6.80. The van der Waals surface area contributed by atoms with E-state index in [1.807, 2.05) is 35.2 Å². The first kappa shape index (κ1) is 19.7. The molecule has 3 aliphatic rings. The van der Waals surface area contributed by atoms with Crippen molar-refractivity contribution in [1.82, 2.24) is 0 Å². The number of para-hydroxylation sites is 1. The van der Waals surface area contributed by atoms with E-state index < -0.39 is 5.63 Å². The second-order valence-electron chi connectivity index (χ2n) is 9.29. The SMILES string of the molecule is O=c1oc(CC(CC2CC2)C2CCCOC2)cc(O)c1N(c1ccccc1)C1CC1. The topological polar surface area (TPSA) is 62.9 Å². The molecule has 1 saturated heterocycles. The summed E-state index contributed by atoms with van der Waals surface area (Å²) in [5.41, 5.74) is 0.749. The highest BCUT2D eigenvalue weighted by molar-refractivity contribution is 5.69. The average molecular weight is 410 g/mol. The summed E-state index contributed by atoms with van der Waals surface area (Å²) in [5, 5.41) is 10.9. The van der Waals surface area contributed by atoms with Crippen molar-refractivity contribution in [1.29, 1.82) is 0 Å². The summed E-state index contributed by atoms with van der Waals surface area (Å²) in [7, 11) is 0. The molecule has 2 aliphatic carbocycles. The van der Waals surface area contributed by atoms with Crippen LogP contribution in [0.3, 0.4) is 0 Å². The van der Waals surface area contributed by atoms with Crippen molar-refractivity contribution in [3.63, 3.8) is 0 Å². The van der Waals surface area contributed by atoms with Crippen molar-refractivity contribution in [2.75, 3.05) is 18.1 Å². The van der Waals surface area contributed by atoms with E-state index in [4.69, 9.17) is 9.15 Å². The summed E-state index contributed by atoms with van der Waals surface area (Å²) >= 11 is 0. The van der Waals surface area contributed by atoms with Crippen LogP contribution in [0.5, 0.6) is 5.75 Å². The second kappa shape index (κ2) is 8.46. The molecular formula is C25H31NO4. The molecule has 1 N–H and O–H groups in total. The van der Waals surface area contributed by atoms with Gasteiger partial charge in [-0.2, -0.15) is 0 Å². The van der Waals surface area contributed by atoms with E-state index in [1.54, 1.807) is 6.07 Å². The zero-order chi connectivity index (χ0) is 20.5. The standard InChI is InChI=1S/C25H31NO4/c27-23-15-22(14-19(13-17-8-9-17)18-5-4-12-29-16-18)30-25(28)24(23)26(21-10-11-21)20-6-2-1-3-7-20/h1-3,6-7,15,17-19,21,27H,4-5,8-14,16H2. The van der Waals surface area contributed by atoms with Gasteiger partial charge in [0.25, 0.3) is 0 Å². The molecule has 1 aromatic carbocycles. The van der Waals surface area contributed by atoms with Crippen LogP contribution in [0.25, 0.3) is 0 Å². The third-order valence-corrected chi connectivity index (χ3v) is 6.80. The van der Waals surface area contributed by atoms with Gasteiger partial charge in [0.05, 0.1) is 0 Å². The molecule has 3 fully saturated rings. The smallest absolute Gasteiger partial charge is 0.363 e. The number of benzene rings is 1. The van der Waals surface area contributed by atoms with Gasteiger partial charge in [0.1, 0.15) is 11.5 Å². The predicted molar refractivity (Wildman–Crippen MR) is 116 cm³/mol. The van der Waals surface area contributed by atoms with Gasteiger partial charge < -0.3 is 19.2 Å². The largest absolute Gasteiger partial charge is 0.505 e. The lowest BCUT2D eigenvalue weighted by atomic mass is 9.81. The molecule has 2 saturated carbocycles. The predicted octanol–water partition coefficient (Wildman–Crippen LogP) is 5.03. The summed E-state index contributed by atoms with van der Waals surface area (Å²) in [5.74, 6) is 2.39. The number of nitrogens with zero attached hydrogens (tertiary/aromatic N) is 1. The Balaban J connectivity index is 1.41. The highest BCUT2D eigenvalue weighted by atomic mass is 16.5. The van der Waals surface area contributed by atoms with Gasteiger partial charge in [-0.3, -0.25) is 0 Å². The van der Waals surface area contributed by atoms with E-state index in [-0.39, 0.29) is 17.5 Å². The van der Waals surface area contributed by atoms with Gasteiger partial charge in [0.15, 0.2) is 5.69 Å². The summed E-state index contributed by atoms with van der Waals surface area (Å²) in [6.07, 6.45) is 8.79. The van der Waals surface area contributed by atoms with E-state index in [1.165, 1.54) is 25.7 Å². The van der Waals surface area contributed by atoms with Gasteiger partial charge in [0, 0.05) is 37.4 Å². The van der Waals surface area contributed by atoms with Crippen LogP contribution in [-0.2, 0) is 11.2 Å². The average Bonchev–Trinajstić information content (AvgIpc) is 3.67. The van der Waals surface area contributed by atoms with Crippen LogP contribution in [0.2, 0.25) is 0 Å². The van der Waals surface area contributed by atoms with E-state index >= 15 is 0 Å². The highest BCUT2D eigenvalue weighted by Gasteiger charge is 2.35. The Kier molecular flexibility index (Phi) is 5.55. The van der Waals surface area contributed by atoms with E-state index in [9.17, 15) is 9.90 Å². The summed E-state index contributed by atoms with van der Waals surface area (Å²) < 4.78 is 11.5. The van der Waals surface area contributed by atoms with Crippen LogP contribution in [0.15, 0.2) is 45.6 Å². The molecule has 2 unspecified atom stereocenters. The van der Waals surface area contributed by atoms with Crippen molar-refractivity contribution in [2.24, 2.45) is 17.8 Å². The minimum Gasteiger partial charge on any atom is -0.505 e. The molecule has 0 spiro atoms. The van der Waals surface area contributed by atoms with Crippen molar-refractivity contribution < 1.29 is 14.3 Å². The van der Waals surface area contributed by atoms with Crippen LogP contribution in [0.1, 0.15) is 50.7 Å². The fourth-order valence-electron chi connectivity index (χ4n) is 4.91.